The van der Waals surface area contributed by atoms with Gasteiger partial charge < -0.3 is 15.0 Å². The Morgan fingerprint density at radius 3 is 2.48 bits per heavy atom. The van der Waals surface area contributed by atoms with E-state index >= 15 is 0 Å². The maximum absolute atomic E-state index is 12.7. The van der Waals surface area contributed by atoms with E-state index in [0.717, 1.165) is 25.7 Å². The first-order valence-corrected chi connectivity index (χ1v) is 8.52. The lowest BCUT2D eigenvalue weighted by atomic mass is 9.88. The highest BCUT2D eigenvalue weighted by Gasteiger charge is 2.24. The fourth-order valence-corrected chi connectivity index (χ4v) is 3.31. The number of amides is 2. The first kappa shape index (κ1) is 16.0. The molecule has 2 aliphatic rings. The summed E-state index contributed by atoms with van der Waals surface area (Å²) in [5, 5.41) is 2.98. The van der Waals surface area contributed by atoms with E-state index in [4.69, 9.17) is 4.74 Å². The van der Waals surface area contributed by atoms with Gasteiger partial charge in [-0.3, -0.25) is 9.59 Å². The smallest absolute Gasteiger partial charge is 0.256 e. The van der Waals surface area contributed by atoms with E-state index in [9.17, 15) is 9.59 Å². The minimum absolute atomic E-state index is 0.0344. The topological polar surface area (TPSA) is 58.6 Å². The van der Waals surface area contributed by atoms with Crippen LogP contribution in [0.3, 0.4) is 0 Å². The zero-order chi connectivity index (χ0) is 16.1. The van der Waals surface area contributed by atoms with Gasteiger partial charge in [-0.05, 0) is 25.0 Å². The number of rotatable bonds is 3. The zero-order valence-electron chi connectivity index (χ0n) is 13.4. The van der Waals surface area contributed by atoms with Crippen LogP contribution in [0.4, 0.5) is 5.69 Å². The predicted molar refractivity (Wildman–Crippen MR) is 88.4 cm³/mol. The first-order valence-electron chi connectivity index (χ1n) is 8.52. The molecule has 0 radical (unpaired) electrons. The summed E-state index contributed by atoms with van der Waals surface area (Å²) in [6.07, 6.45) is 5.35. The number of anilines is 1. The number of benzene rings is 1. The fourth-order valence-electron chi connectivity index (χ4n) is 3.31. The van der Waals surface area contributed by atoms with Gasteiger partial charge in [0.15, 0.2) is 0 Å². The molecule has 0 unspecified atom stereocenters. The second-order valence-corrected chi connectivity index (χ2v) is 6.27. The number of ether oxygens (including phenoxy) is 1. The molecule has 0 atom stereocenters. The maximum Gasteiger partial charge on any atom is 0.256 e. The lowest BCUT2D eigenvalue weighted by molar-refractivity contribution is -0.120. The molecular formula is C18H24N2O3. The molecule has 1 aliphatic heterocycles. The molecule has 1 saturated heterocycles. The van der Waals surface area contributed by atoms with Crippen molar-refractivity contribution in [2.24, 2.45) is 5.92 Å². The standard InChI is InChI=1S/C18H24N2O3/c21-17(14-6-2-1-3-7-14)19-16-9-5-4-8-15(16)18(22)20-10-12-23-13-11-20/h4-5,8-9,14H,1-3,6-7,10-13H2,(H,19,21). The maximum atomic E-state index is 12.7. The quantitative estimate of drug-likeness (QED) is 0.932. The monoisotopic (exact) mass is 316 g/mol. The molecule has 0 bridgehead atoms. The van der Waals surface area contributed by atoms with Crippen molar-refractivity contribution in [1.29, 1.82) is 0 Å². The molecule has 5 heteroatoms. The van der Waals surface area contributed by atoms with Crippen molar-refractivity contribution in [2.75, 3.05) is 31.6 Å². The molecule has 3 rings (SSSR count). The van der Waals surface area contributed by atoms with Crippen molar-refractivity contribution in [3.05, 3.63) is 29.8 Å². The SMILES string of the molecule is O=C(Nc1ccccc1C(=O)N1CCOCC1)C1CCCCC1. The summed E-state index contributed by atoms with van der Waals surface area (Å²) in [5.41, 5.74) is 1.19. The molecule has 1 aromatic carbocycles. The Kier molecular flexibility index (Phi) is 5.28. The van der Waals surface area contributed by atoms with E-state index in [-0.39, 0.29) is 17.7 Å². The molecule has 0 spiro atoms. The number of para-hydroxylation sites is 1. The van der Waals surface area contributed by atoms with Gasteiger partial charge in [-0.15, -0.1) is 0 Å². The molecule has 1 aliphatic carbocycles. The Morgan fingerprint density at radius 2 is 1.74 bits per heavy atom. The normalized spacial score (nSPS) is 19.4. The van der Waals surface area contributed by atoms with Crippen molar-refractivity contribution in [1.82, 2.24) is 4.90 Å². The molecule has 1 heterocycles. The third-order valence-electron chi connectivity index (χ3n) is 4.69. The largest absolute Gasteiger partial charge is 0.378 e. The van der Waals surface area contributed by atoms with Crippen LogP contribution < -0.4 is 5.32 Å². The Hall–Kier alpha value is -1.88. The van der Waals surface area contributed by atoms with Gasteiger partial charge in [-0.2, -0.15) is 0 Å². The summed E-state index contributed by atoms with van der Waals surface area (Å²) in [6.45, 7) is 2.35. The molecule has 0 aromatic heterocycles. The highest BCUT2D eigenvalue weighted by Crippen LogP contribution is 2.26. The third-order valence-corrected chi connectivity index (χ3v) is 4.69. The van der Waals surface area contributed by atoms with E-state index in [1.165, 1.54) is 6.42 Å². The van der Waals surface area contributed by atoms with E-state index in [1.54, 1.807) is 11.0 Å². The molecule has 1 saturated carbocycles. The van der Waals surface area contributed by atoms with E-state index in [2.05, 4.69) is 5.32 Å². The summed E-state index contributed by atoms with van der Waals surface area (Å²) in [6, 6.07) is 7.29. The summed E-state index contributed by atoms with van der Waals surface area (Å²) < 4.78 is 5.30. The van der Waals surface area contributed by atoms with Crippen LogP contribution in [0.15, 0.2) is 24.3 Å². The number of hydrogen-bond acceptors (Lipinski definition) is 3. The van der Waals surface area contributed by atoms with Crippen LogP contribution in [0.1, 0.15) is 42.5 Å². The molecule has 2 amide bonds. The number of morpholine rings is 1. The Labute approximate surface area is 137 Å². The zero-order valence-corrected chi connectivity index (χ0v) is 13.4. The summed E-state index contributed by atoms with van der Waals surface area (Å²) in [4.78, 5) is 26.9. The van der Waals surface area contributed by atoms with Crippen molar-refractivity contribution in [3.8, 4) is 0 Å². The number of nitrogens with one attached hydrogen (secondary N) is 1. The van der Waals surface area contributed by atoms with Gasteiger partial charge in [-0.25, -0.2) is 0 Å². The van der Waals surface area contributed by atoms with Crippen LogP contribution in [0, 0.1) is 5.92 Å². The van der Waals surface area contributed by atoms with E-state index in [0.29, 0.717) is 37.6 Å². The predicted octanol–water partition coefficient (Wildman–Crippen LogP) is 2.68. The van der Waals surface area contributed by atoms with Crippen molar-refractivity contribution >= 4 is 17.5 Å². The van der Waals surface area contributed by atoms with Gasteiger partial charge in [0.2, 0.25) is 5.91 Å². The van der Waals surface area contributed by atoms with Gasteiger partial charge in [0.1, 0.15) is 0 Å². The molecule has 1 N–H and O–H groups in total. The first-order chi connectivity index (χ1) is 11.3. The van der Waals surface area contributed by atoms with Crippen LogP contribution in [-0.4, -0.2) is 43.0 Å². The van der Waals surface area contributed by atoms with Gasteiger partial charge >= 0.3 is 0 Å². The number of carbonyl (C=O) groups excluding carboxylic acids is 2. The molecule has 124 valence electrons. The number of nitrogens with zero attached hydrogens (tertiary/aromatic N) is 1. The lowest BCUT2D eigenvalue weighted by Gasteiger charge is -2.28. The lowest BCUT2D eigenvalue weighted by Crippen LogP contribution is -2.41. The highest BCUT2D eigenvalue weighted by atomic mass is 16.5. The van der Waals surface area contributed by atoms with Crippen LogP contribution in [0.2, 0.25) is 0 Å². The molecular weight excluding hydrogens is 292 g/mol. The van der Waals surface area contributed by atoms with Crippen molar-refractivity contribution in [2.45, 2.75) is 32.1 Å². The summed E-state index contributed by atoms with van der Waals surface area (Å²) in [7, 11) is 0. The third kappa shape index (κ3) is 3.91. The summed E-state index contributed by atoms with van der Waals surface area (Å²) in [5.74, 6) is 0.0927. The van der Waals surface area contributed by atoms with E-state index in [1.807, 2.05) is 18.2 Å². The molecule has 2 fully saturated rings. The summed E-state index contributed by atoms with van der Waals surface area (Å²) >= 11 is 0. The molecule has 1 aromatic rings. The second kappa shape index (κ2) is 7.59. The minimum atomic E-state index is -0.0344. The van der Waals surface area contributed by atoms with Crippen molar-refractivity contribution < 1.29 is 14.3 Å². The van der Waals surface area contributed by atoms with Crippen LogP contribution >= 0.6 is 0 Å². The Bertz CT molecular complexity index is 561. The van der Waals surface area contributed by atoms with Crippen LogP contribution in [0.25, 0.3) is 0 Å². The number of carbonyl (C=O) groups is 2. The van der Waals surface area contributed by atoms with Crippen LogP contribution in [-0.2, 0) is 9.53 Å². The average molecular weight is 316 g/mol. The van der Waals surface area contributed by atoms with Crippen LogP contribution in [0.5, 0.6) is 0 Å². The van der Waals surface area contributed by atoms with Gasteiger partial charge in [-0.1, -0.05) is 31.4 Å². The van der Waals surface area contributed by atoms with Gasteiger partial charge in [0, 0.05) is 19.0 Å². The molecule has 5 nitrogen and oxygen atoms in total. The van der Waals surface area contributed by atoms with Gasteiger partial charge in [0.25, 0.3) is 5.91 Å². The Morgan fingerprint density at radius 1 is 1.04 bits per heavy atom. The average Bonchev–Trinajstić information content (AvgIpc) is 2.63. The highest BCUT2D eigenvalue weighted by molar-refractivity contribution is 6.04. The Balaban J connectivity index is 1.72. The van der Waals surface area contributed by atoms with Crippen molar-refractivity contribution in [3.63, 3.8) is 0 Å². The second-order valence-electron chi connectivity index (χ2n) is 6.27. The molecule has 23 heavy (non-hydrogen) atoms. The fraction of sp³-hybridized carbons (Fsp3) is 0.556. The number of hydrogen-bond donors (Lipinski definition) is 1. The van der Waals surface area contributed by atoms with Gasteiger partial charge in [0.05, 0.1) is 24.5 Å². The van der Waals surface area contributed by atoms with E-state index < -0.39 is 0 Å². The minimum Gasteiger partial charge on any atom is -0.378 e.